The summed E-state index contributed by atoms with van der Waals surface area (Å²) in [5, 5.41) is 9.08. The SMILES string of the molecule is C=C1C2CCC3[C@@H]1C(C2)C3(CN)CC(=O)O. The molecule has 3 rings (SSSR count). The standard InChI is InChI=1S/C13H19NO2/c1-7-8-2-3-9-12(7)10(4-8)13(9,6-14)5-11(15)16/h8-10,12H,1-6,14H2,(H,15,16)/t8?,9?,10?,12-,13?/m1/s1. The number of carboxylic acids is 1. The molecule has 3 nitrogen and oxygen atoms in total. The zero-order valence-electron chi connectivity index (χ0n) is 9.48. The van der Waals surface area contributed by atoms with Gasteiger partial charge in [-0.1, -0.05) is 12.2 Å². The summed E-state index contributed by atoms with van der Waals surface area (Å²) < 4.78 is 0. The van der Waals surface area contributed by atoms with Crippen LogP contribution < -0.4 is 5.73 Å². The van der Waals surface area contributed by atoms with E-state index in [1.807, 2.05) is 0 Å². The summed E-state index contributed by atoms with van der Waals surface area (Å²) >= 11 is 0. The van der Waals surface area contributed by atoms with Crippen LogP contribution in [0.25, 0.3) is 0 Å². The highest BCUT2D eigenvalue weighted by Gasteiger charge is 2.67. The zero-order valence-corrected chi connectivity index (χ0v) is 9.48. The Morgan fingerprint density at radius 2 is 2.25 bits per heavy atom. The Morgan fingerprint density at radius 1 is 1.50 bits per heavy atom. The quantitative estimate of drug-likeness (QED) is 0.712. The van der Waals surface area contributed by atoms with Crippen molar-refractivity contribution in [2.45, 2.75) is 25.7 Å². The first-order chi connectivity index (χ1) is 7.60. The van der Waals surface area contributed by atoms with Crippen LogP contribution in [-0.4, -0.2) is 17.6 Å². The lowest BCUT2D eigenvalue weighted by Crippen LogP contribution is -2.59. The van der Waals surface area contributed by atoms with E-state index in [1.165, 1.54) is 12.0 Å². The molecule has 0 aliphatic heterocycles. The van der Waals surface area contributed by atoms with Crippen LogP contribution in [0.3, 0.4) is 0 Å². The summed E-state index contributed by atoms with van der Waals surface area (Å²) in [6.45, 7) is 4.74. The van der Waals surface area contributed by atoms with E-state index in [0.29, 0.717) is 30.2 Å². The van der Waals surface area contributed by atoms with Gasteiger partial charge in [-0.2, -0.15) is 0 Å². The van der Waals surface area contributed by atoms with Crippen LogP contribution in [0.2, 0.25) is 0 Å². The van der Waals surface area contributed by atoms with Gasteiger partial charge in [0.2, 0.25) is 0 Å². The van der Waals surface area contributed by atoms with Crippen LogP contribution >= 0.6 is 0 Å². The third-order valence-electron chi connectivity index (χ3n) is 5.52. The fraction of sp³-hybridized carbons (Fsp3) is 0.769. The molecule has 0 saturated heterocycles. The Morgan fingerprint density at radius 3 is 2.88 bits per heavy atom. The topological polar surface area (TPSA) is 63.3 Å². The normalized spacial score (nSPS) is 48.9. The third kappa shape index (κ3) is 1.000. The monoisotopic (exact) mass is 221 g/mol. The van der Waals surface area contributed by atoms with E-state index in [-0.39, 0.29) is 11.8 Å². The van der Waals surface area contributed by atoms with Crippen molar-refractivity contribution in [2.24, 2.45) is 34.8 Å². The van der Waals surface area contributed by atoms with Gasteiger partial charge in [0.05, 0.1) is 6.42 Å². The van der Waals surface area contributed by atoms with Crippen molar-refractivity contribution in [2.75, 3.05) is 6.54 Å². The molecule has 0 radical (unpaired) electrons. The number of rotatable bonds is 3. The van der Waals surface area contributed by atoms with Crippen LogP contribution in [0, 0.1) is 29.1 Å². The van der Waals surface area contributed by atoms with Crippen LogP contribution in [0.5, 0.6) is 0 Å². The van der Waals surface area contributed by atoms with Gasteiger partial charge in [-0.15, -0.1) is 0 Å². The third-order valence-corrected chi connectivity index (χ3v) is 5.52. The Kier molecular flexibility index (Phi) is 2.00. The number of allylic oxidation sites excluding steroid dienone is 1. The molecule has 3 saturated carbocycles. The first kappa shape index (κ1) is 10.3. The van der Waals surface area contributed by atoms with Crippen LogP contribution in [-0.2, 0) is 4.79 Å². The van der Waals surface area contributed by atoms with Crippen molar-refractivity contribution in [3.63, 3.8) is 0 Å². The highest BCUT2D eigenvalue weighted by atomic mass is 16.4. The van der Waals surface area contributed by atoms with E-state index in [1.54, 1.807) is 0 Å². The molecule has 0 heterocycles. The van der Waals surface area contributed by atoms with Crippen molar-refractivity contribution >= 4 is 5.97 Å². The van der Waals surface area contributed by atoms with Crippen LogP contribution in [0.4, 0.5) is 0 Å². The minimum Gasteiger partial charge on any atom is -0.481 e. The van der Waals surface area contributed by atoms with Gasteiger partial charge >= 0.3 is 5.97 Å². The summed E-state index contributed by atoms with van der Waals surface area (Å²) in [6, 6.07) is 0. The average molecular weight is 221 g/mol. The molecular formula is C13H19NO2. The summed E-state index contributed by atoms with van der Waals surface area (Å²) in [6.07, 6.45) is 3.77. The molecule has 0 aromatic rings. The molecule has 0 amide bonds. The Labute approximate surface area is 95.7 Å². The highest BCUT2D eigenvalue weighted by Crippen LogP contribution is 2.71. The maximum absolute atomic E-state index is 11.0. The Bertz CT molecular complexity index is 357. The minimum atomic E-state index is -0.690. The van der Waals surface area contributed by atoms with Crippen molar-refractivity contribution in [1.82, 2.24) is 0 Å². The molecule has 3 aliphatic rings. The zero-order chi connectivity index (χ0) is 11.5. The molecule has 3 N–H and O–H groups in total. The number of hydrogen-bond acceptors (Lipinski definition) is 2. The molecule has 3 heteroatoms. The molecule has 4 unspecified atom stereocenters. The van der Waals surface area contributed by atoms with Gasteiger partial charge < -0.3 is 10.8 Å². The summed E-state index contributed by atoms with van der Waals surface area (Å²) in [5.74, 6) is 1.59. The lowest BCUT2D eigenvalue weighted by atomic mass is 9.45. The van der Waals surface area contributed by atoms with E-state index >= 15 is 0 Å². The lowest BCUT2D eigenvalue weighted by molar-refractivity contribution is -0.153. The number of nitrogens with two attached hydrogens (primary N) is 1. The number of fused-ring (bicyclic) bond motifs is 1. The highest BCUT2D eigenvalue weighted by molar-refractivity contribution is 5.68. The predicted molar refractivity (Wildman–Crippen MR) is 60.7 cm³/mol. The maximum Gasteiger partial charge on any atom is 0.303 e. The molecule has 0 aromatic carbocycles. The van der Waals surface area contributed by atoms with Crippen LogP contribution in [0.1, 0.15) is 25.7 Å². The fourth-order valence-corrected chi connectivity index (χ4v) is 4.85. The van der Waals surface area contributed by atoms with Gasteiger partial charge in [0.15, 0.2) is 0 Å². The second kappa shape index (κ2) is 3.10. The first-order valence-electron chi connectivity index (χ1n) is 6.20. The second-order valence-corrected chi connectivity index (χ2v) is 5.83. The lowest BCUT2D eigenvalue weighted by Gasteiger charge is -2.59. The van der Waals surface area contributed by atoms with Crippen LogP contribution in [0.15, 0.2) is 12.2 Å². The number of aliphatic carboxylic acids is 1. The molecular weight excluding hydrogens is 202 g/mol. The Hall–Kier alpha value is -0.830. The summed E-state index contributed by atoms with van der Waals surface area (Å²) in [5.41, 5.74) is 7.20. The van der Waals surface area contributed by atoms with E-state index in [4.69, 9.17) is 10.8 Å². The molecule has 0 spiro atoms. The molecule has 5 atom stereocenters. The van der Waals surface area contributed by atoms with Gasteiger partial charge in [0.1, 0.15) is 0 Å². The molecule has 16 heavy (non-hydrogen) atoms. The van der Waals surface area contributed by atoms with Crippen molar-refractivity contribution in [1.29, 1.82) is 0 Å². The van der Waals surface area contributed by atoms with Gasteiger partial charge in [-0.25, -0.2) is 0 Å². The molecule has 0 aromatic heterocycles. The Balaban J connectivity index is 1.93. The smallest absolute Gasteiger partial charge is 0.303 e. The molecule has 3 aliphatic carbocycles. The van der Waals surface area contributed by atoms with Gasteiger partial charge in [-0.3, -0.25) is 4.79 Å². The van der Waals surface area contributed by atoms with Crippen molar-refractivity contribution < 1.29 is 9.90 Å². The van der Waals surface area contributed by atoms with E-state index < -0.39 is 5.97 Å². The number of carboxylic acid groups (broad SMARTS) is 1. The van der Waals surface area contributed by atoms with E-state index in [2.05, 4.69) is 6.58 Å². The number of hydrogen-bond donors (Lipinski definition) is 2. The summed E-state index contributed by atoms with van der Waals surface area (Å²) in [4.78, 5) is 11.0. The van der Waals surface area contributed by atoms with Gasteiger partial charge in [0.25, 0.3) is 0 Å². The van der Waals surface area contributed by atoms with E-state index in [9.17, 15) is 4.79 Å². The largest absolute Gasteiger partial charge is 0.481 e. The fourth-order valence-electron chi connectivity index (χ4n) is 4.85. The van der Waals surface area contributed by atoms with E-state index in [0.717, 1.165) is 12.8 Å². The van der Waals surface area contributed by atoms with Crippen molar-refractivity contribution in [3.05, 3.63) is 12.2 Å². The van der Waals surface area contributed by atoms with Crippen molar-refractivity contribution in [3.8, 4) is 0 Å². The van der Waals surface area contributed by atoms with Gasteiger partial charge in [0, 0.05) is 0 Å². The average Bonchev–Trinajstić information content (AvgIpc) is 2.44. The minimum absolute atomic E-state index is 0.106. The molecule has 3 fully saturated rings. The molecule has 2 bridgehead atoms. The summed E-state index contributed by atoms with van der Waals surface area (Å²) in [7, 11) is 0. The predicted octanol–water partition coefficient (Wildman–Crippen LogP) is 1.64. The maximum atomic E-state index is 11.0. The van der Waals surface area contributed by atoms with Gasteiger partial charge in [-0.05, 0) is 54.9 Å². The second-order valence-electron chi connectivity index (χ2n) is 5.83. The molecule has 88 valence electrons. The number of carbonyl (C=O) groups is 1. The first-order valence-corrected chi connectivity index (χ1v) is 6.20.